The van der Waals surface area contributed by atoms with Crippen LogP contribution in [-0.2, 0) is 18.3 Å². The predicted molar refractivity (Wildman–Crippen MR) is 103 cm³/mol. The van der Waals surface area contributed by atoms with E-state index in [9.17, 15) is 22.8 Å². The Balaban J connectivity index is 1.87. The Morgan fingerprint density at radius 2 is 1.87 bits per heavy atom. The lowest BCUT2D eigenvalue weighted by atomic mass is 10.0. The van der Waals surface area contributed by atoms with Crippen LogP contribution in [0.1, 0.15) is 12.5 Å². The summed E-state index contributed by atoms with van der Waals surface area (Å²) < 4.78 is 44.1. The molecule has 1 aliphatic heterocycles. The topological polar surface area (TPSA) is 69.4 Å². The SMILES string of the molecule is CC(=O)N1CCc2c(-c3cnn(C)c3)cn(-c3ccc(OC(F)(F)F)cc3)c(=O)c21. The highest BCUT2D eigenvalue weighted by molar-refractivity contribution is 5.95. The zero-order valence-electron chi connectivity index (χ0n) is 16.1. The number of hydrogen-bond acceptors (Lipinski definition) is 4. The van der Waals surface area contributed by atoms with Crippen molar-refractivity contribution >= 4 is 11.6 Å². The average Bonchev–Trinajstić information content (AvgIpc) is 3.29. The molecule has 0 saturated heterocycles. The zero-order chi connectivity index (χ0) is 21.6. The molecule has 0 saturated carbocycles. The number of fused-ring (bicyclic) bond motifs is 1. The molecule has 4 rings (SSSR count). The Bertz CT molecular complexity index is 1180. The smallest absolute Gasteiger partial charge is 0.406 e. The minimum absolute atomic E-state index is 0.255. The van der Waals surface area contributed by atoms with Crippen molar-refractivity contribution in [1.29, 1.82) is 0 Å². The largest absolute Gasteiger partial charge is 0.573 e. The van der Waals surface area contributed by atoms with Gasteiger partial charge in [0.15, 0.2) is 0 Å². The van der Waals surface area contributed by atoms with Gasteiger partial charge in [0.2, 0.25) is 5.91 Å². The van der Waals surface area contributed by atoms with Crippen molar-refractivity contribution < 1.29 is 22.7 Å². The van der Waals surface area contributed by atoms with Gasteiger partial charge in [-0.05, 0) is 36.2 Å². The number of nitrogens with zero attached hydrogens (tertiary/aromatic N) is 4. The molecule has 3 aromatic rings. The van der Waals surface area contributed by atoms with Gasteiger partial charge in [0.25, 0.3) is 5.56 Å². The van der Waals surface area contributed by atoms with Crippen LogP contribution in [0.15, 0.2) is 47.7 Å². The number of aryl methyl sites for hydroxylation is 1. The van der Waals surface area contributed by atoms with Gasteiger partial charge >= 0.3 is 6.36 Å². The van der Waals surface area contributed by atoms with Crippen molar-refractivity contribution in [2.24, 2.45) is 7.05 Å². The Morgan fingerprint density at radius 3 is 2.43 bits per heavy atom. The fourth-order valence-electron chi connectivity index (χ4n) is 3.63. The maximum absolute atomic E-state index is 13.2. The lowest BCUT2D eigenvalue weighted by molar-refractivity contribution is -0.274. The van der Waals surface area contributed by atoms with Gasteiger partial charge in [-0.2, -0.15) is 5.10 Å². The van der Waals surface area contributed by atoms with E-state index < -0.39 is 17.7 Å². The van der Waals surface area contributed by atoms with Gasteiger partial charge in [0.1, 0.15) is 11.4 Å². The Morgan fingerprint density at radius 1 is 1.17 bits per heavy atom. The van der Waals surface area contributed by atoms with Gasteiger partial charge in [0.05, 0.1) is 6.20 Å². The molecule has 3 heterocycles. The molecule has 0 bridgehead atoms. The molecule has 0 radical (unpaired) electrons. The predicted octanol–water partition coefficient (Wildman–Crippen LogP) is 3.05. The van der Waals surface area contributed by atoms with E-state index in [0.717, 1.165) is 28.8 Å². The van der Waals surface area contributed by atoms with Gasteiger partial charge in [-0.3, -0.25) is 18.8 Å². The lowest BCUT2D eigenvalue weighted by Crippen LogP contribution is -2.32. The number of pyridine rings is 1. The summed E-state index contributed by atoms with van der Waals surface area (Å²) in [4.78, 5) is 26.7. The molecular formula is C20H17F3N4O3. The molecule has 0 N–H and O–H groups in total. The number of rotatable bonds is 3. The maximum Gasteiger partial charge on any atom is 0.573 e. The summed E-state index contributed by atoms with van der Waals surface area (Å²) in [6, 6.07) is 4.98. The molecule has 1 amide bonds. The monoisotopic (exact) mass is 418 g/mol. The summed E-state index contributed by atoms with van der Waals surface area (Å²) in [5, 5.41) is 4.17. The van der Waals surface area contributed by atoms with Crippen LogP contribution in [0.5, 0.6) is 5.75 Å². The number of hydrogen-bond donors (Lipinski definition) is 0. The second-order valence-corrected chi connectivity index (χ2v) is 6.91. The number of ether oxygens (including phenoxy) is 1. The van der Waals surface area contributed by atoms with E-state index in [1.54, 1.807) is 30.3 Å². The summed E-state index contributed by atoms with van der Waals surface area (Å²) in [6.45, 7) is 1.77. The summed E-state index contributed by atoms with van der Waals surface area (Å²) in [6.07, 6.45) is 0.790. The van der Waals surface area contributed by atoms with Crippen LogP contribution in [0.3, 0.4) is 0 Å². The van der Waals surface area contributed by atoms with Gasteiger partial charge in [-0.25, -0.2) is 0 Å². The lowest BCUT2D eigenvalue weighted by Gasteiger charge is -2.18. The summed E-state index contributed by atoms with van der Waals surface area (Å²) in [5.74, 6) is -0.645. The second kappa shape index (κ2) is 7.05. The second-order valence-electron chi connectivity index (χ2n) is 6.91. The first-order chi connectivity index (χ1) is 14.1. The molecule has 7 nitrogen and oxygen atoms in total. The van der Waals surface area contributed by atoms with Crippen LogP contribution >= 0.6 is 0 Å². The minimum Gasteiger partial charge on any atom is -0.406 e. The third-order valence-corrected chi connectivity index (χ3v) is 4.89. The van der Waals surface area contributed by atoms with Crippen molar-refractivity contribution in [3.63, 3.8) is 0 Å². The Labute approximate surface area is 168 Å². The fourth-order valence-corrected chi connectivity index (χ4v) is 3.63. The van der Waals surface area contributed by atoms with Gasteiger partial charge in [0, 0.05) is 49.7 Å². The van der Waals surface area contributed by atoms with E-state index in [1.807, 2.05) is 0 Å². The van der Waals surface area contributed by atoms with Crippen molar-refractivity contribution in [2.45, 2.75) is 19.7 Å². The van der Waals surface area contributed by atoms with Crippen LogP contribution in [-0.4, -0.2) is 33.2 Å². The van der Waals surface area contributed by atoms with E-state index in [2.05, 4.69) is 9.84 Å². The number of amides is 1. The van der Waals surface area contributed by atoms with E-state index in [1.165, 1.54) is 28.5 Å². The van der Waals surface area contributed by atoms with Crippen LogP contribution in [0.2, 0.25) is 0 Å². The number of alkyl halides is 3. The molecule has 0 aliphatic carbocycles. The van der Waals surface area contributed by atoms with Gasteiger partial charge in [-0.1, -0.05) is 0 Å². The Hall–Kier alpha value is -3.56. The number of carbonyl (C=O) groups excluding carboxylic acids is 1. The molecule has 10 heteroatoms. The average molecular weight is 418 g/mol. The molecule has 1 aliphatic rings. The number of halogens is 3. The molecule has 0 spiro atoms. The highest BCUT2D eigenvalue weighted by atomic mass is 19.4. The van der Waals surface area contributed by atoms with Crippen molar-refractivity contribution in [3.8, 4) is 22.6 Å². The third-order valence-electron chi connectivity index (χ3n) is 4.89. The standard InChI is InChI=1S/C20H17F3N4O3/c1-12(28)26-8-7-16-17(13-9-24-25(2)10-13)11-27(19(29)18(16)26)14-3-5-15(6-4-14)30-20(21,22)23/h3-6,9-11H,7-8H2,1-2H3. The van der Waals surface area contributed by atoms with Gasteiger partial charge < -0.3 is 9.64 Å². The Kier molecular flexibility index (Phi) is 4.64. The minimum atomic E-state index is -4.80. The van der Waals surface area contributed by atoms with E-state index in [-0.39, 0.29) is 11.6 Å². The number of aromatic nitrogens is 3. The number of carbonyl (C=O) groups is 1. The van der Waals surface area contributed by atoms with Crippen LogP contribution in [0, 0.1) is 0 Å². The molecule has 1 aromatic carbocycles. The number of benzene rings is 1. The third kappa shape index (κ3) is 3.56. The zero-order valence-corrected chi connectivity index (χ0v) is 16.1. The van der Waals surface area contributed by atoms with Crippen LogP contribution < -0.4 is 15.2 Å². The molecule has 0 fully saturated rings. The normalized spacial score (nSPS) is 13.4. The molecule has 156 valence electrons. The maximum atomic E-state index is 13.2. The molecule has 30 heavy (non-hydrogen) atoms. The van der Waals surface area contributed by atoms with E-state index in [4.69, 9.17) is 0 Å². The van der Waals surface area contributed by atoms with Gasteiger partial charge in [-0.15, -0.1) is 13.2 Å². The highest BCUT2D eigenvalue weighted by Gasteiger charge is 2.32. The summed E-state index contributed by atoms with van der Waals surface area (Å²) in [7, 11) is 1.76. The highest BCUT2D eigenvalue weighted by Crippen LogP contribution is 2.34. The first-order valence-corrected chi connectivity index (χ1v) is 9.06. The van der Waals surface area contributed by atoms with Crippen molar-refractivity contribution in [3.05, 3.63) is 58.8 Å². The number of anilines is 1. The molecule has 0 unspecified atom stereocenters. The van der Waals surface area contributed by atoms with E-state index >= 15 is 0 Å². The van der Waals surface area contributed by atoms with E-state index in [0.29, 0.717) is 18.7 Å². The van der Waals surface area contributed by atoms with Crippen molar-refractivity contribution in [2.75, 3.05) is 11.4 Å². The van der Waals surface area contributed by atoms with Crippen LogP contribution in [0.4, 0.5) is 18.9 Å². The van der Waals surface area contributed by atoms with Crippen LogP contribution in [0.25, 0.3) is 16.8 Å². The fraction of sp³-hybridized carbons (Fsp3) is 0.250. The summed E-state index contributed by atoms with van der Waals surface area (Å²) >= 11 is 0. The molecule has 2 aromatic heterocycles. The quantitative estimate of drug-likeness (QED) is 0.656. The first kappa shape index (κ1) is 19.7. The van der Waals surface area contributed by atoms with Crippen molar-refractivity contribution in [1.82, 2.24) is 14.3 Å². The summed E-state index contributed by atoms with van der Waals surface area (Å²) in [5.41, 5.74) is 2.45. The molecular weight excluding hydrogens is 401 g/mol. The first-order valence-electron chi connectivity index (χ1n) is 9.06. The molecule has 0 atom stereocenters.